The summed E-state index contributed by atoms with van der Waals surface area (Å²) in [6.45, 7) is 3.05. The van der Waals surface area contributed by atoms with Gasteiger partial charge in [0.15, 0.2) is 22.3 Å². The molecule has 8 atom stereocenters. The van der Waals surface area contributed by atoms with Gasteiger partial charge < -0.3 is 56.0 Å². The summed E-state index contributed by atoms with van der Waals surface area (Å²) in [7, 11) is -16.5. The van der Waals surface area contributed by atoms with Crippen LogP contribution in [0.15, 0.2) is 12.7 Å². The number of phosphoric acid groups is 3. The molecule has 29 heteroatoms. The molecule has 2 amide bonds. The van der Waals surface area contributed by atoms with E-state index in [2.05, 4.69) is 29.9 Å². The fraction of sp³-hybridized carbons (Fsp3) is 0.692. The third-order valence-electron chi connectivity index (χ3n) is 7.71. The van der Waals surface area contributed by atoms with Gasteiger partial charge in [-0.2, -0.15) is 4.31 Å². The number of thioether (sulfide) groups is 1. The van der Waals surface area contributed by atoms with Crippen LogP contribution in [-0.4, -0.2) is 134 Å². The van der Waals surface area contributed by atoms with Crippen molar-refractivity contribution in [2.75, 3.05) is 37.8 Å². The number of nitrogens with one attached hydrogen (secondary N) is 2. The number of nitrogen functional groups attached to an aromatic ring is 1. The Bertz CT molecular complexity index is 1830. The standard InChI is InChI=1S/C26H44N7O18P3S/c1-14(34)9-17(36)55-8-7-28-16(35)5-6-29-24(39)21(38)25(2,3)11-48-54(45,46)51-53(43,44)47-10-15-19(50-52(40,41)42)20(37)26(4,49-15)33-13-32-18-22(27)30-12-31-23(18)33/h12-15,19-21,34,37-38H,5-11H2,1-4H3,(H,28,35)(H,29,39)(H,43,44)(H,45,46)(H2,27,30,31)(H2,40,41,42)/t14-,15?,19?,20?,21?,26?/m1/s1. The molecule has 2 aromatic heterocycles. The number of amides is 2. The maximum absolute atomic E-state index is 12.7. The third-order valence-corrected chi connectivity index (χ3v) is 11.7. The van der Waals surface area contributed by atoms with Crippen LogP contribution in [0, 0.1) is 5.41 Å². The lowest BCUT2D eigenvalue weighted by molar-refractivity contribution is -0.137. The zero-order valence-corrected chi connectivity index (χ0v) is 33.2. The number of phosphoric ester groups is 3. The van der Waals surface area contributed by atoms with Gasteiger partial charge in [0.05, 0.1) is 25.6 Å². The number of aromatic nitrogens is 4. The van der Waals surface area contributed by atoms with Crippen molar-refractivity contribution < 1.29 is 85.6 Å². The number of nitrogens with two attached hydrogens (primary N) is 1. The summed E-state index contributed by atoms with van der Waals surface area (Å²) in [5, 5.41) is 35.4. The molecule has 0 aromatic carbocycles. The SMILES string of the molecule is C[C@@H](O)CC(=O)SCCNC(=O)CCNC(=O)C(O)C(C)(C)COP(=O)(O)OP(=O)(O)OCC1OC(C)(n2cnc3c(N)ncnc32)C(O)C1OP(=O)(O)O. The van der Waals surface area contributed by atoms with E-state index in [1.165, 1.54) is 27.7 Å². The van der Waals surface area contributed by atoms with Gasteiger partial charge in [-0.15, -0.1) is 0 Å². The monoisotopic (exact) mass is 867 g/mol. The quantitative estimate of drug-likeness (QED) is 0.0510. The summed E-state index contributed by atoms with van der Waals surface area (Å²) in [6.07, 6.45) is -6.37. The number of carbonyl (C=O) groups is 3. The number of aliphatic hydroxyl groups is 3. The summed E-state index contributed by atoms with van der Waals surface area (Å²) in [6, 6.07) is 0. The molecule has 0 bridgehead atoms. The number of ether oxygens (including phenoxy) is 1. The first-order valence-electron chi connectivity index (χ1n) is 16.0. The lowest BCUT2D eigenvalue weighted by Gasteiger charge is -2.30. The average molecular weight is 868 g/mol. The van der Waals surface area contributed by atoms with E-state index >= 15 is 0 Å². The molecule has 3 heterocycles. The summed E-state index contributed by atoms with van der Waals surface area (Å²) in [5.74, 6) is -1.26. The first-order chi connectivity index (χ1) is 25.3. The van der Waals surface area contributed by atoms with Gasteiger partial charge >= 0.3 is 23.5 Å². The highest BCUT2D eigenvalue weighted by Gasteiger charge is 2.57. The minimum Gasteiger partial charge on any atom is -0.393 e. The maximum Gasteiger partial charge on any atom is 0.481 e. The first-order valence-corrected chi connectivity index (χ1v) is 21.5. The van der Waals surface area contributed by atoms with E-state index in [1.807, 2.05) is 0 Å². The van der Waals surface area contributed by atoms with Crippen LogP contribution < -0.4 is 16.4 Å². The summed E-state index contributed by atoms with van der Waals surface area (Å²) in [5.41, 5.74) is 2.27. The smallest absolute Gasteiger partial charge is 0.393 e. The van der Waals surface area contributed by atoms with E-state index in [9.17, 15) is 63.0 Å². The Labute approximate surface area is 317 Å². The van der Waals surface area contributed by atoms with E-state index in [-0.39, 0.29) is 53.8 Å². The van der Waals surface area contributed by atoms with Crippen molar-refractivity contribution in [3.63, 3.8) is 0 Å². The molecule has 0 saturated carbocycles. The minimum absolute atomic E-state index is 0.0143. The predicted molar refractivity (Wildman–Crippen MR) is 188 cm³/mol. The Hall–Kier alpha value is -2.48. The van der Waals surface area contributed by atoms with Crippen molar-refractivity contribution >= 4 is 69.1 Å². The zero-order valence-electron chi connectivity index (χ0n) is 29.7. The second-order valence-corrected chi connectivity index (χ2v) is 18.3. The number of carbonyl (C=O) groups excluding carboxylic acids is 3. The van der Waals surface area contributed by atoms with Crippen LogP contribution in [0.5, 0.6) is 0 Å². The second-order valence-electron chi connectivity index (χ2n) is 12.9. The normalized spacial score (nSPS) is 23.8. The van der Waals surface area contributed by atoms with Crippen molar-refractivity contribution in [2.24, 2.45) is 5.41 Å². The average Bonchev–Trinajstić information content (AvgIpc) is 3.60. The number of nitrogens with zero attached hydrogens (tertiary/aromatic N) is 4. The Kier molecular flexibility index (Phi) is 16.1. The second kappa shape index (κ2) is 18.9. The van der Waals surface area contributed by atoms with Gasteiger partial charge in [-0.1, -0.05) is 25.6 Å². The number of hydrogen-bond acceptors (Lipinski definition) is 19. The highest BCUT2D eigenvalue weighted by atomic mass is 32.2. The zero-order chi connectivity index (χ0) is 41.6. The topological polar surface area (TPSA) is 384 Å². The lowest BCUT2D eigenvalue weighted by atomic mass is 9.87. The highest BCUT2D eigenvalue weighted by Crippen LogP contribution is 2.61. The molecule has 3 rings (SSSR count). The molecule has 1 aliphatic heterocycles. The van der Waals surface area contributed by atoms with Crippen LogP contribution >= 0.6 is 35.2 Å². The molecule has 1 saturated heterocycles. The minimum atomic E-state index is -5.60. The lowest BCUT2D eigenvalue weighted by Crippen LogP contribution is -2.46. The van der Waals surface area contributed by atoms with Gasteiger partial charge in [0, 0.05) is 37.1 Å². The highest BCUT2D eigenvalue weighted by molar-refractivity contribution is 8.13. The van der Waals surface area contributed by atoms with Gasteiger partial charge in [-0.05, 0) is 13.8 Å². The number of rotatable bonds is 21. The van der Waals surface area contributed by atoms with Crippen molar-refractivity contribution in [3.05, 3.63) is 12.7 Å². The summed E-state index contributed by atoms with van der Waals surface area (Å²) >= 11 is 0.938. The van der Waals surface area contributed by atoms with Gasteiger partial charge in [0.2, 0.25) is 11.8 Å². The van der Waals surface area contributed by atoms with E-state index in [4.69, 9.17) is 24.0 Å². The fourth-order valence-corrected chi connectivity index (χ4v) is 8.52. The van der Waals surface area contributed by atoms with Crippen LogP contribution in [0.25, 0.3) is 11.2 Å². The third kappa shape index (κ3) is 13.6. The molecular weight excluding hydrogens is 823 g/mol. The molecule has 2 aromatic rings. The molecule has 25 nitrogen and oxygen atoms in total. The van der Waals surface area contributed by atoms with Gasteiger partial charge in [-0.25, -0.2) is 28.6 Å². The predicted octanol–water partition coefficient (Wildman–Crippen LogP) is -1.39. The van der Waals surface area contributed by atoms with Crippen molar-refractivity contribution in [3.8, 4) is 0 Å². The molecular formula is C26H44N7O18P3S. The van der Waals surface area contributed by atoms with Crippen molar-refractivity contribution in [2.45, 2.75) is 76.8 Å². The van der Waals surface area contributed by atoms with Crippen LogP contribution in [0.2, 0.25) is 0 Å². The molecule has 1 fully saturated rings. The number of aliphatic hydroxyl groups excluding tert-OH is 3. The van der Waals surface area contributed by atoms with Gasteiger partial charge in [0.1, 0.15) is 36.3 Å². The molecule has 0 aliphatic carbocycles. The molecule has 7 unspecified atom stereocenters. The molecule has 55 heavy (non-hydrogen) atoms. The van der Waals surface area contributed by atoms with E-state index in [0.717, 1.165) is 29.0 Å². The molecule has 312 valence electrons. The van der Waals surface area contributed by atoms with Gasteiger partial charge in [-0.3, -0.25) is 32.5 Å². The molecule has 11 N–H and O–H groups in total. The van der Waals surface area contributed by atoms with Crippen molar-refractivity contribution in [1.29, 1.82) is 0 Å². The van der Waals surface area contributed by atoms with Crippen molar-refractivity contribution in [1.82, 2.24) is 30.2 Å². The first kappa shape index (κ1) is 46.9. The van der Waals surface area contributed by atoms with Crippen LogP contribution in [0.4, 0.5) is 5.82 Å². The number of imidazole rings is 1. The molecule has 0 radical (unpaired) electrons. The van der Waals surface area contributed by atoms with Crippen LogP contribution in [-0.2, 0) is 56.4 Å². The van der Waals surface area contributed by atoms with Crippen LogP contribution in [0.1, 0.15) is 40.5 Å². The van der Waals surface area contributed by atoms with E-state index < -0.39 is 90.2 Å². The number of anilines is 1. The Morgan fingerprint density at radius 1 is 1.07 bits per heavy atom. The Morgan fingerprint density at radius 3 is 2.36 bits per heavy atom. The fourth-order valence-electron chi connectivity index (χ4n) is 4.91. The van der Waals surface area contributed by atoms with Crippen LogP contribution in [0.3, 0.4) is 0 Å². The summed E-state index contributed by atoms with van der Waals surface area (Å²) < 4.78 is 62.5. The summed E-state index contributed by atoms with van der Waals surface area (Å²) in [4.78, 5) is 87.3. The van der Waals surface area contributed by atoms with E-state index in [0.29, 0.717) is 0 Å². The molecule has 1 aliphatic rings. The number of fused-ring (bicyclic) bond motifs is 1. The maximum atomic E-state index is 12.7. The number of hydrogen-bond donors (Lipinski definition) is 10. The van der Waals surface area contributed by atoms with E-state index in [1.54, 1.807) is 0 Å². The Morgan fingerprint density at radius 2 is 1.73 bits per heavy atom. The molecule has 0 spiro atoms. The largest absolute Gasteiger partial charge is 0.481 e. The van der Waals surface area contributed by atoms with Gasteiger partial charge in [0.25, 0.3) is 0 Å². The Balaban J connectivity index is 1.54.